The van der Waals surface area contributed by atoms with E-state index in [-0.39, 0.29) is 18.0 Å². The summed E-state index contributed by atoms with van der Waals surface area (Å²) in [6.45, 7) is 0. The van der Waals surface area contributed by atoms with Crippen LogP contribution in [-0.4, -0.2) is 10.9 Å². The lowest BCUT2D eigenvalue weighted by molar-refractivity contribution is -0.116. The molecule has 3 rings (SSSR count). The van der Waals surface area contributed by atoms with E-state index < -0.39 is 0 Å². The molecule has 25 heavy (non-hydrogen) atoms. The van der Waals surface area contributed by atoms with Crippen LogP contribution in [0.15, 0.2) is 53.1 Å². The SMILES string of the molecule is Nc1c(Cl)cc(NC(=O)CCc2ncc(-c3ccccc3)o2)cc1Cl. The first-order valence-corrected chi connectivity index (χ1v) is 8.33. The number of amides is 1. The van der Waals surface area contributed by atoms with Crippen LogP contribution in [-0.2, 0) is 11.2 Å². The largest absolute Gasteiger partial charge is 0.441 e. The van der Waals surface area contributed by atoms with Gasteiger partial charge in [0.15, 0.2) is 11.7 Å². The Hall–Kier alpha value is -2.50. The molecule has 0 unspecified atom stereocenters. The molecule has 0 bridgehead atoms. The predicted molar refractivity (Wildman–Crippen MR) is 99.8 cm³/mol. The summed E-state index contributed by atoms with van der Waals surface area (Å²) in [6.07, 6.45) is 2.26. The molecule has 128 valence electrons. The Bertz CT molecular complexity index is 871. The monoisotopic (exact) mass is 375 g/mol. The van der Waals surface area contributed by atoms with Gasteiger partial charge in [-0.3, -0.25) is 4.79 Å². The van der Waals surface area contributed by atoms with Crippen molar-refractivity contribution in [2.45, 2.75) is 12.8 Å². The zero-order chi connectivity index (χ0) is 17.8. The highest BCUT2D eigenvalue weighted by Gasteiger charge is 2.11. The highest BCUT2D eigenvalue weighted by Crippen LogP contribution is 2.31. The molecule has 3 aromatic rings. The van der Waals surface area contributed by atoms with Crippen molar-refractivity contribution in [2.24, 2.45) is 0 Å². The van der Waals surface area contributed by atoms with E-state index in [1.54, 1.807) is 18.3 Å². The molecule has 0 saturated heterocycles. The second-order valence-electron chi connectivity index (χ2n) is 5.39. The Kier molecular flexibility index (Phi) is 5.26. The maximum absolute atomic E-state index is 12.1. The van der Waals surface area contributed by atoms with E-state index in [9.17, 15) is 4.79 Å². The first-order chi connectivity index (χ1) is 12.0. The predicted octanol–water partition coefficient (Wildman–Crippen LogP) is 4.80. The molecule has 1 heterocycles. The molecule has 3 N–H and O–H groups in total. The number of aryl methyl sites for hydroxylation is 1. The van der Waals surface area contributed by atoms with Crippen LogP contribution in [0.1, 0.15) is 12.3 Å². The van der Waals surface area contributed by atoms with E-state index in [0.717, 1.165) is 5.56 Å². The zero-order valence-corrected chi connectivity index (χ0v) is 14.6. The van der Waals surface area contributed by atoms with Gasteiger partial charge in [-0.2, -0.15) is 0 Å². The number of carbonyl (C=O) groups is 1. The van der Waals surface area contributed by atoms with Crippen LogP contribution in [0.3, 0.4) is 0 Å². The van der Waals surface area contributed by atoms with Gasteiger partial charge in [0.1, 0.15) is 0 Å². The van der Waals surface area contributed by atoms with E-state index in [4.69, 9.17) is 33.4 Å². The molecule has 0 atom stereocenters. The number of nitrogens with one attached hydrogen (secondary N) is 1. The molecule has 0 aliphatic heterocycles. The molecule has 1 aromatic heterocycles. The summed E-state index contributed by atoms with van der Waals surface area (Å²) in [5.41, 5.74) is 7.39. The van der Waals surface area contributed by atoms with Crippen LogP contribution < -0.4 is 11.1 Å². The first-order valence-electron chi connectivity index (χ1n) is 7.57. The summed E-state index contributed by atoms with van der Waals surface area (Å²) in [7, 11) is 0. The molecule has 1 amide bonds. The molecular formula is C18H15Cl2N3O2. The number of rotatable bonds is 5. The van der Waals surface area contributed by atoms with Crippen LogP contribution in [0.5, 0.6) is 0 Å². The number of hydrogen-bond acceptors (Lipinski definition) is 4. The van der Waals surface area contributed by atoms with Crippen molar-refractivity contribution in [1.29, 1.82) is 0 Å². The quantitative estimate of drug-likeness (QED) is 0.627. The number of oxazole rings is 1. The Morgan fingerprint density at radius 1 is 1.16 bits per heavy atom. The molecule has 2 aromatic carbocycles. The lowest BCUT2D eigenvalue weighted by atomic mass is 10.2. The highest BCUT2D eigenvalue weighted by atomic mass is 35.5. The van der Waals surface area contributed by atoms with Gasteiger partial charge in [-0.25, -0.2) is 4.98 Å². The third kappa shape index (κ3) is 4.32. The minimum Gasteiger partial charge on any atom is -0.441 e. The summed E-state index contributed by atoms with van der Waals surface area (Å²) in [6, 6.07) is 12.8. The minimum absolute atomic E-state index is 0.198. The number of halogens is 2. The van der Waals surface area contributed by atoms with Gasteiger partial charge in [-0.15, -0.1) is 0 Å². The summed E-state index contributed by atoms with van der Waals surface area (Å²) in [5.74, 6) is 0.979. The molecule has 7 heteroatoms. The fourth-order valence-corrected chi connectivity index (χ4v) is 2.75. The average molecular weight is 376 g/mol. The minimum atomic E-state index is -0.198. The van der Waals surface area contributed by atoms with E-state index >= 15 is 0 Å². The Morgan fingerprint density at radius 2 is 1.84 bits per heavy atom. The smallest absolute Gasteiger partial charge is 0.224 e. The van der Waals surface area contributed by atoms with Crippen molar-refractivity contribution in [2.75, 3.05) is 11.1 Å². The van der Waals surface area contributed by atoms with E-state index in [0.29, 0.717) is 33.8 Å². The molecule has 0 fully saturated rings. The summed E-state index contributed by atoms with van der Waals surface area (Å²) in [4.78, 5) is 16.3. The number of nitrogen functional groups attached to an aromatic ring is 1. The number of anilines is 2. The summed E-state index contributed by atoms with van der Waals surface area (Å²) < 4.78 is 5.67. The normalized spacial score (nSPS) is 10.6. The average Bonchev–Trinajstić information content (AvgIpc) is 3.08. The first kappa shape index (κ1) is 17.3. The Labute approximate surface area is 154 Å². The Morgan fingerprint density at radius 3 is 2.52 bits per heavy atom. The van der Waals surface area contributed by atoms with Crippen LogP contribution in [0, 0.1) is 0 Å². The number of nitrogens with two attached hydrogens (primary N) is 1. The van der Waals surface area contributed by atoms with Gasteiger partial charge >= 0.3 is 0 Å². The number of benzene rings is 2. The molecule has 0 aliphatic carbocycles. The van der Waals surface area contributed by atoms with Crippen molar-refractivity contribution in [1.82, 2.24) is 4.98 Å². The maximum Gasteiger partial charge on any atom is 0.224 e. The van der Waals surface area contributed by atoms with Crippen molar-refractivity contribution in [3.05, 3.63) is 64.6 Å². The highest BCUT2D eigenvalue weighted by molar-refractivity contribution is 6.39. The molecular weight excluding hydrogens is 361 g/mol. The standard InChI is InChI=1S/C18H15Cl2N3O2/c19-13-8-12(9-14(20)18(13)21)23-16(24)6-7-17-22-10-15(25-17)11-4-2-1-3-5-11/h1-5,8-10H,6-7,21H2,(H,23,24). The Balaban J connectivity index is 1.59. The molecule has 0 aliphatic rings. The summed E-state index contributed by atoms with van der Waals surface area (Å²) >= 11 is 11.9. The maximum atomic E-state index is 12.1. The van der Waals surface area contributed by atoms with Gasteiger partial charge in [0, 0.05) is 24.1 Å². The fourth-order valence-electron chi connectivity index (χ4n) is 2.26. The fraction of sp³-hybridized carbons (Fsp3) is 0.111. The number of aromatic nitrogens is 1. The number of nitrogens with zero attached hydrogens (tertiary/aromatic N) is 1. The van der Waals surface area contributed by atoms with Gasteiger partial charge in [0.2, 0.25) is 5.91 Å². The van der Waals surface area contributed by atoms with Gasteiger partial charge in [0.05, 0.1) is 21.9 Å². The number of carbonyl (C=O) groups excluding carboxylic acids is 1. The third-order valence-corrected chi connectivity index (χ3v) is 4.17. The second-order valence-corrected chi connectivity index (χ2v) is 6.20. The van der Waals surface area contributed by atoms with Crippen LogP contribution in [0.25, 0.3) is 11.3 Å². The lowest BCUT2D eigenvalue weighted by Crippen LogP contribution is -2.12. The van der Waals surface area contributed by atoms with Crippen molar-refractivity contribution in [3.8, 4) is 11.3 Å². The van der Waals surface area contributed by atoms with Gasteiger partial charge in [0.25, 0.3) is 0 Å². The van der Waals surface area contributed by atoms with Crippen LogP contribution in [0.2, 0.25) is 10.0 Å². The van der Waals surface area contributed by atoms with Crippen LogP contribution in [0.4, 0.5) is 11.4 Å². The zero-order valence-electron chi connectivity index (χ0n) is 13.1. The second kappa shape index (κ2) is 7.59. The molecule has 5 nitrogen and oxygen atoms in total. The lowest BCUT2D eigenvalue weighted by Gasteiger charge is -2.08. The van der Waals surface area contributed by atoms with E-state index in [2.05, 4.69) is 10.3 Å². The van der Waals surface area contributed by atoms with Gasteiger partial charge in [-0.1, -0.05) is 53.5 Å². The topological polar surface area (TPSA) is 81.1 Å². The van der Waals surface area contributed by atoms with E-state index in [1.807, 2.05) is 30.3 Å². The van der Waals surface area contributed by atoms with Crippen molar-refractivity contribution in [3.63, 3.8) is 0 Å². The van der Waals surface area contributed by atoms with E-state index in [1.165, 1.54) is 0 Å². The van der Waals surface area contributed by atoms with Gasteiger partial charge in [-0.05, 0) is 12.1 Å². The van der Waals surface area contributed by atoms with Crippen molar-refractivity contribution >= 4 is 40.5 Å². The molecule has 0 spiro atoms. The van der Waals surface area contributed by atoms with Crippen LogP contribution >= 0.6 is 23.2 Å². The van der Waals surface area contributed by atoms with Crippen molar-refractivity contribution < 1.29 is 9.21 Å². The van der Waals surface area contributed by atoms with Gasteiger partial charge < -0.3 is 15.5 Å². The third-order valence-electron chi connectivity index (χ3n) is 3.54. The summed E-state index contributed by atoms with van der Waals surface area (Å²) in [5, 5.41) is 3.32. The molecule has 0 radical (unpaired) electrons. The number of hydrogen-bond donors (Lipinski definition) is 2. The molecule has 0 saturated carbocycles.